The van der Waals surface area contributed by atoms with Gasteiger partial charge in [0.05, 0.1) is 6.10 Å². The zero-order valence-corrected chi connectivity index (χ0v) is 9.69. The fraction of sp³-hybridized carbons (Fsp3) is 0.500. The van der Waals surface area contributed by atoms with Crippen LogP contribution in [0.2, 0.25) is 0 Å². The van der Waals surface area contributed by atoms with E-state index in [1.807, 2.05) is 18.2 Å². The maximum Gasteiger partial charge on any atom is 0.164 e. The van der Waals surface area contributed by atoms with Gasteiger partial charge < -0.3 is 4.74 Å². The van der Waals surface area contributed by atoms with Gasteiger partial charge in [0.15, 0.2) is 5.78 Å². The molecule has 0 N–H and O–H groups in total. The van der Waals surface area contributed by atoms with Crippen molar-refractivity contribution < 1.29 is 9.53 Å². The summed E-state index contributed by atoms with van der Waals surface area (Å²) in [4.78, 5) is 11.7. The lowest BCUT2D eigenvalue weighted by atomic mass is 10.0. The second-order valence-electron chi connectivity index (χ2n) is 4.34. The summed E-state index contributed by atoms with van der Waals surface area (Å²) in [6.45, 7) is 2.12. The largest absolute Gasteiger partial charge is 0.361 e. The van der Waals surface area contributed by atoms with Gasteiger partial charge in [-0.1, -0.05) is 43.7 Å². The maximum atomic E-state index is 11.7. The third kappa shape index (κ3) is 2.92. The molecular formula is C14H18O2. The predicted octanol–water partition coefficient (Wildman–Crippen LogP) is 2.76. The lowest BCUT2D eigenvalue weighted by Crippen LogP contribution is -2.10. The van der Waals surface area contributed by atoms with Gasteiger partial charge in [0.25, 0.3) is 0 Å². The van der Waals surface area contributed by atoms with Gasteiger partial charge in [0.2, 0.25) is 0 Å². The number of carbonyl (C=O) groups is 1. The van der Waals surface area contributed by atoms with Crippen molar-refractivity contribution in [3.63, 3.8) is 0 Å². The number of aryl methyl sites for hydroxylation is 1. The van der Waals surface area contributed by atoms with Crippen LogP contribution in [-0.4, -0.2) is 18.0 Å². The zero-order chi connectivity index (χ0) is 11.4. The first-order valence-corrected chi connectivity index (χ1v) is 6.03. The number of benzene rings is 1. The second kappa shape index (κ2) is 5.26. The van der Waals surface area contributed by atoms with Gasteiger partial charge in [0, 0.05) is 6.42 Å². The van der Waals surface area contributed by atoms with E-state index in [1.54, 1.807) is 0 Å². The molecule has 86 valence electrons. The number of ether oxygens (including phenoxy) is 1. The highest BCUT2D eigenvalue weighted by Gasteiger charge is 2.42. The van der Waals surface area contributed by atoms with Gasteiger partial charge in [-0.15, -0.1) is 0 Å². The van der Waals surface area contributed by atoms with E-state index in [1.165, 1.54) is 5.56 Å². The van der Waals surface area contributed by atoms with Gasteiger partial charge in [-0.05, 0) is 18.4 Å². The average Bonchev–Trinajstić information content (AvgIpc) is 3.07. The summed E-state index contributed by atoms with van der Waals surface area (Å²) in [5.41, 5.74) is 1.23. The van der Waals surface area contributed by atoms with Crippen molar-refractivity contribution in [3.05, 3.63) is 35.9 Å². The Balaban J connectivity index is 1.73. The van der Waals surface area contributed by atoms with Crippen LogP contribution in [0.1, 0.15) is 31.7 Å². The van der Waals surface area contributed by atoms with Crippen molar-refractivity contribution in [1.82, 2.24) is 0 Å². The molecule has 0 saturated carbocycles. The number of ketones is 1. The van der Waals surface area contributed by atoms with Crippen molar-refractivity contribution >= 4 is 5.78 Å². The number of carbonyl (C=O) groups excluding carboxylic acids is 1. The van der Waals surface area contributed by atoms with E-state index < -0.39 is 0 Å². The van der Waals surface area contributed by atoms with Crippen LogP contribution in [0.5, 0.6) is 0 Å². The smallest absolute Gasteiger partial charge is 0.164 e. The molecule has 2 heteroatoms. The van der Waals surface area contributed by atoms with Crippen LogP contribution in [0.4, 0.5) is 0 Å². The Morgan fingerprint density at radius 3 is 2.75 bits per heavy atom. The molecule has 1 fully saturated rings. The molecule has 1 saturated heterocycles. The van der Waals surface area contributed by atoms with E-state index in [0.717, 1.165) is 19.3 Å². The average molecular weight is 218 g/mol. The van der Waals surface area contributed by atoms with Crippen molar-refractivity contribution in [1.29, 1.82) is 0 Å². The van der Waals surface area contributed by atoms with E-state index in [0.29, 0.717) is 6.42 Å². The summed E-state index contributed by atoms with van der Waals surface area (Å²) >= 11 is 0. The van der Waals surface area contributed by atoms with Gasteiger partial charge >= 0.3 is 0 Å². The number of hydrogen-bond donors (Lipinski definition) is 0. The fourth-order valence-corrected chi connectivity index (χ4v) is 1.98. The lowest BCUT2D eigenvalue weighted by Gasteiger charge is -1.98. The van der Waals surface area contributed by atoms with Crippen molar-refractivity contribution in [3.8, 4) is 0 Å². The molecule has 1 aliphatic rings. The van der Waals surface area contributed by atoms with Crippen LogP contribution in [0, 0.1) is 0 Å². The number of hydrogen-bond acceptors (Lipinski definition) is 2. The molecule has 0 spiro atoms. The second-order valence-corrected chi connectivity index (χ2v) is 4.34. The van der Waals surface area contributed by atoms with E-state index >= 15 is 0 Å². The molecule has 1 heterocycles. The molecule has 0 amide bonds. The molecule has 16 heavy (non-hydrogen) atoms. The highest BCUT2D eigenvalue weighted by atomic mass is 16.6. The molecule has 0 radical (unpaired) electrons. The maximum absolute atomic E-state index is 11.7. The first-order chi connectivity index (χ1) is 7.81. The van der Waals surface area contributed by atoms with Crippen molar-refractivity contribution in [2.45, 2.75) is 44.8 Å². The molecule has 2 nitrogen and oxygen atoms in total. The highest BCUT2D eigenvalue weighted by Crippen LogP contribution is 2.28. The Bertz CT molecular complexity index is 345. The Kier molecular flexibility index (Phi) is 3.73. The highest BCUT2D eigenvalue weighted by molar-refractivity contribution is 5.86. The summed E-state index contributed by atoms with van der Waals surface area (Å²) in [7, 11) is 0. The van der Waals surface area contributed by atoms with E-state index in [-0.39, 0.29) is 18.0 Å². The lowest BCUT2D eigenvalue weighted by molar-refractivity contribution is -0.120. The summed E-state index contributed by atoms with van der Waals surface area (Å²) in [5, 5.41) is 0. The molecule has 0 bridgehead atoms. The van der Waals surface area contributed by atoms with Gasteiger partial charge in [0.1, 0.15) is 6.10 Å². The van der Waals surface area contributed by atoms with Crippen LogP contribution in [0.15, 0.2) is 30.3 Å². The summed E-state index contributed by atoms with van der Waals surface area (Å²) < 4.78 is 5.36. The molecule has 2 rings (SSSR count). The summed E-state index contributed by atoms with van der Waals surface area (Å²) in [5.74, 6) is 0.266. The van der Waals surface area contributed by atoms with E-state index in [9.17, 15) is 4.79 Å². The van der Waals surface area contributed by atoms with Crippen LogP contribution in [0.3, 0.4) is 0 Å². The fourth-order valence-electron chi connectivity index (χ4n) is 1.98. The standard InChI is InChI=1S/C14H18O2/c1-2-6-13-14(16-13)12(15)10-9-11-7-4-3-5-8-11/h3-5,7-8,13-14H,2,6,9-10H2,1H3/t13-,14+/m0/s1. The van der Waals surface area contributed by atoms with Crippen LogP contribution in [-0.2, 0) is 16.0 Å². The molecule has 0 aromatic heterocycles. The predicted molar refractivity (Wildman–Crippen MR) is 63.3 cm³/mol. The quantitative estimate of drug-likeness (QED) is 0.687. The Hall–Kier alpha value is -1.15. The Morgan fingerprint density at radius 2 is 2.06 bits per heavy atom. The minimum atomic E-state index is -0.0938. The van der Waals surface area contributed by atoms with E-state index in [4.69, 9.17) is 4.74 Å². The zero-order valence-electron chi connectivity index (χ0n) is 9.69. The SMILES string of the molecule is CCC[C@@H]1O[C@@H]1C(=O)CCc1ccccc1. The van der Waals surface area contributed by atoms with Gasteiger partial charge in [-0.3, -0.25) is 4.79 Å². The normalized spacial score (nSPS) is 23.1. The molecule has 1 aliphatic heterocycles. The topological polar surface area (TPSA) is 29.6 Å². The molecule has 2 atom stereocenters. The number of Topliss-reactive ketones (excluding diaryl/α,β-unsaturated/α-hetero) is 1. The van der Waals surface area contributed by atoms with Gasteiger partial charge in [-0.2, -0.15) is 0 Å². The molecule has 1 aromatic carbocycles. The van der Waals surface area contributed by atoms with Crippen molar-refractivity contribution in [2.24, 2.45) is 0 Å². The molecule has 0 aliphatic carbocycles. The first kappa shape index (κ1) is 11.3. The van der Waals surface area contributed by atoms with Gasteiger partial charge in [-0.25, -0.2) is 0 Å². The first-order valence-electron chi connectivity index (χ1n) is 6.03. The molecular weight excluding hydrogens is 200 g/mol. The summed E-state index contributed by atoms with van der Waals surface area (Å²) in [6.07, 6.45) is 3.67. The van der Waals surface area contributed by atoms with Crippen LogP contribution >= 0.6 is 0 Å². The van der Waals surface area contributed by atoms with Crippen LogP contribution in [0.25, 0.3) is 0 Å². The number of epoxide rings is 1. The Morgan fingerprint density at radius 1 is 1.31 bits per heavy atom. The molecule has 0 unspecified atom stereocenters. The van der Waals surface area contributed by atoms with Crippen molar-refractivity contribution in [2.75, 3.05) is 0 Å². The third-order valence-corrected chi connectivity index (χ3v) is 2.98. The third-order valence-electron chi connectivity index (χ3n) is 2.98. The minimum absolute atomic E-state index is 0.0938. The monoisotopic (exact) mass is 218 g/mol. The minimum Gasteiger partial charge on any atom is -0.361 e. The summed E-state index contributed by atoms with van der Waals surface area (Å²) in [6, 6.07) is 10.1. The van der Waals surface area contributed by atoms with Crippen LogP contribution < -0.4 is 0 Å². The van der Waals surface area contributed by atoms with E-state index in [2.05, 4.69) is 19.1 Å². The Labute approximate surface area is 96.6 Å². The number of rotatable bonds is 6. The molecule has 1 aromatic rings.